The predicted octanol–water partition coefficient (Wildman–Crippen LogP) is 2.76. The van der Waals surface area contributed by atoms with Crippen LogP contribution in [0, 0.1) is 13.8 Å². The molecule has 2 heterocycles. The molecule has 0 aliphatic heterocycles. The molecule has 2 unspecified atom stereocenters. The molecule has 2 atom stereocenters. The van der Waals surface area contributed by atoms with Gasteiger partial charge >= 0.3 is 0 Å². The smallest absolute Gasteiger partial charge is 0.276 e. The van der Waals surface area contributed by atoms with Gasteiger partial charge in [-0.2, -0.15) is 13.1 Å². The van der Waals surface area contributed by atoms with Crippen molar-refractivity contribution in [2.24, 2.45) is 5.14 Å². The molecule has 32 heavy (non-hydrogen) atoms. The highest BCUT2D eigenvalue weighted by Gasteiger charge is 2.19. The highest BCUT2D eigenvalue weighted by atomic mass is 32.2. The SMILES string of the molecule is C=S(C)(=O)NC(=O)c1sc(C)cc1OCC.CCOc1cc(C)sc1C(C)NS(N)(=O)=O. The minimum Gasteiger partial charge on any atom is -0.493 e. The van der Waals surface area contributed by atoms with Crippen LogP contribution < -0.4 is 24.1 Å². The first kappa shape index (κ1) is 28.4. The number of nitrogens with two attached hydrogens (primary N) is 1. The number of thiophene rings is 2. The molecule has 0 bridgehead atoms. The van der Waals surface area contributed by atoms with E-state index in [4.69, 9.17) is 14.6 Å². The average molecular weight is 526 g/mol. The summed E-state index contributed by atoms with van der Waals surface area (Å²) in [5.74, 6) is 4.23. The largest absolute Gasteiger partial charge is 0.493 e. The summed E-state index contributed by atoms with van der Waals surface area (Å²) in [4.78, 5) is 15.1. The van der Waals surface area contributed by atoms with Crippen molar-refractivity contribution in [3.05, 3.63) is 31.6 Å². The molecule has 0 aliphatic carbocycles. The maximum Gasteiger partial charge on any atom is 0.276 e. The molecule has 0 aromatic carbocycles. The molecule has 13 heteroatoms. The van der Waals surface area contributed by atoms with Gasteiger partial charge in [-0.15, -0.1) is 22.7 Å². The minimum absolute atomic E-state index is 0.379. The van der Waals surface area contributed by atoms with Gasteiger partial charge in [-0.3, -0.25) is 9.52 Å². The average Bonchev–Trinajstić information content (AvgIpc) is 3.16. The van der Waals surface area contributed by atoms with E-state index in [0.717, 1.165) is 14.6 Å². The molecule has 1 amide bonds. The first-order chi connectivity index (χ1) is 14.7. The fourth-order valence-electron chi connectivity index (χ4n) is 2.53. The van der Waals surface area contributed by atoms with Gasteiger partial charge in [0.1, 0.15) is 16.4 Å². The van der Waals surface area contributed by atoms with Crippen LogP contribution in [0.4, 0.5) is 0 Å². The van der Waals surface area contributed by atoms with Crippen LogP contribution in [0.15, 0.2) is 12.1 Å². The molecule has 2 aromatic heterocycles. The fourth-order valence-corrected chi connectivity index (χ4v) is 5.59. The van der Waals surface area contributed by atoms with Gasteiger partial charge in [-0.1, -0.05) is 0 Å². The van der Waals surface area contributed by atoms with E-state index in [1.807, 2.05) is 33.8 Å². The summed E-state index contributed by atoms with van der Waals surface area (Å²) < 4.78 is 48.7. The summed E-state index contributed by atoms with van der Waals surface area (Å²) >= 11 is 2.81. The third-order valence-corrected chi connectivity index (χ3v) is 7.06. The second kappa shape index (κ2) is 12.0. The molecule has 2 rings (SSSR count). The Hall–Kier alpha value is -1.64. The molecule has 4 N–H and O–H groups in total. The Labute approximate surface area is 198 Å². The second-order valence-corrected chi connectivity index (χ2v) is 12.9. The van der Waals surface area contributed by atoms with Crippen LogP contribution >= 0.6 is 22.7 Å². The number of aryl methyl sites for hydroxylation is 2. The standard InChI is InChI=1S/C10H15NO3S2.C9H16N2O3S2/c1-5-14-8-6-7(2)15-9(8)10(12)11-16(3,4)13;1-4-14-8-5-6(2)15-9(8)7(3)11-16(10,12)13/h6H,3,5H2,1-2,4H3,(H,11,12,13);5,7,11H,4H2,1-3H3,(H2,10,12,13). The van der Waals surface area contributed by atoms with E-state index in [0.29, 0.717) is 29.6 Å². The zero-order valence-electron chi connectivity index (χ0n) is 19.0. The van der Waals surface area contributed by atoms with E-state index in [-0.39, 0.29) is 6.04 Å². The van der Waals surface area contributed by atoms with Crippen molar-refractivity contribution in [3.63, 3.8) is 0 Å². The number of hydrogen-bond donors (Lipinski definition) is 3. The lowest BCUT2D eigenvalue weighted by atomic mass is 10.3. The fraction of sp³-hybridized carbons (Fsp3) is 0.474. The van der Waals surface area contributed by atoms with Crippen LogP contribution in [0.25, 0.3) is 0 Å². The third kappa shape index (κ3) is 9.88. The van der Waals surface area contributed by atoms with Crippen molar-refractivity contribution in [2.75, 3.05) is 19.5 Å². The van der Waals surface area contributed by atoms with Crippen molar-refractivity contribution >= 4 is 54.4 Å². The van der Waals surface area contributed by atoms with Gasteiger partial charge in [0.25, 0.3) is 16.1 Å². The first-order valence-electron chi connectivity index (χ1n) is 9.57. The number of ether oxygens (including phenoxy) is 2. The Bertz CT molecular complexity index is 1120. The van der Waals surface area contributed by atoms with Crippen LogP contribution in [-0.4, -0.2) is 43.9 Å². The summed E-state index contributed by atoms with van der Waals surface area (Å²) in [5.41, 5.74) is 0. The molecule has 9 nitrogen and oxygen atoms in total. The van der Waals surface area contributed by atoms with E-state index in [9.17, 15) is 17.4 Å². The first-order valence-corrected chi connectivity index (χ1v) is 14.9. The number of carbonyl (C=O) groups is 1. The van der Waals surface area contributed by atoms with Crippen molar-refractivity contribution in [1.82, 2.24) is 9.44 Å². The summed E-state index contributed by atoms with van der Waals surface area (Å²) in [6, 6.07) is 3.31. The van der Waals surface area contributed by atoms with Crippen molar-refractivity contribution in [2.45, 2.75) is 40.7 Å². The summed E-state index contributed by atoms with van der Waals surface area (Å²) in [6.45, 7) is 10.3. The van der Waals surface area contributed by atoms with E-state index in [2.05, 4.69) is 15.3 Å². The summed E-state index contributed by atoms with van der Waals surface area (Å²) in [7, 11) is -6.24. The molecule has 0 spiro atoms. The molecule has 0 saturated carbocycles. The molecule has 0 radical (unpaired) electrons. The molecule has 2 aromatic rings. The van der Waals surface area contributed by atoms with E-state index in [1.165, 1.54) is 28.9 Å². The van der Waals surface area contributed by atoms with Gasteiger partial charge in [-0.25, -0.2) is 9.35 Å². The van der Waals surface area contributed by atoms with Crippen LogP contribution in [0.2, 0.25) is 0 Å². The topological polar surface area (TPSA) is 137 Å². The summed E-state index contributed by atoms with van der Waals surface area (Å²) in [6.07, 6.45) is 1.38. The van der Waals surface area contributed by atoms with Crippen LogP contribution in [-0.2, 0) is 19.9 Å². The number of hydrogen-bond acceptors (Lipinski definition) is 8. The zero-order chi connectivity index (χ0) is 24.7. The lowest BCUT2D eigenvalue weighted by Gasteiger charge is -2.12. The maximum atomic E-state index is 11.8. The second-order valence-electron chi connectivity index (χ2n) is 6.82. The number of carbonyl (C=O) groups excluding carboxylic acids is 1. The molecule has 0 fully saturated rings. The molecule has 182 valence electrons. The van der Waals surface area contributed by atoms with E-state index < -0.39 is 25.8 Å². The number of nitrogens with one attached hydrogen (secondary N) is 2. The molecular formula is C19H31N3O6S4. The van der Waals surface area contributed by atoms with Crippen molar-refractivity contribution < 1.29 is 26.9 Å². The maximum absolute atomic E-state index is 11.8. The van der Waals surface area contributed by atoms with Crippen molar-refractivity contribution in [1.29, 1.82) is 0 Å². The highest BCUT2D eigenvalue weighted by Crippen LogP contribution is 2.34. The quantitative estimate of drug-likeness (QED) is 0.431. The monoisotopic (exact) mass is 525 g/mol. The Morgan fingerprint density at radius 1 is 1.09 bits per heavy atom. The Kier molecular flexibility index (Phi) is 10.6. The summed E-state index contributed by atoms with van der Waals surface area (Å²) in [5, 5.41) is 4.93. The third-order valence-electron chi connectivity index (χ3n) is 3.52. The van der Waals surface area contributed by atoms with Gasteiger partial charge in [-0.05, 0) is 52.6 Å². The molecule has 0 aliphatic rings. The highest BCUT2D eigenvalue weighted by molar-refractivity contribution is 7.98. The van der Waals surface area contributed by atoms with Crippen molar-refractivity contribution in [3.8, 4) is 11.5 Å². The lowest BCUT2D eigenvalue weighted by molar-refractivity contribution is 0.0983. The van der Waals surface area contributed by atoms with Gasteiger partial charge in [0, 0.05) is 25.7 Å². The zero-order valence-corrected chi connectivity index (χ0v) is 22.3. The van der Waals surface area contributed by atoms with E-state index in [1.54, 1.807) is 13.0 Å². The van der Waals surface area contributed by atoms with Gasteiger partial charge < -0.3 is 9.47 Å². The van der Waals surface area contributed by atoms with Crippen LogP contribution in [0.5, 0.6) is 11.5 Å². The predicted molar refractivity (Wildman–Crippen MR) is 134 cm³/mol. The molecular weight excluding hydrogens is 494 g/mol. The Morgan fingerprint density at radius 3 is 2.09 bits per heavy atom. The Morgan fingerprint density at radius 2 is 1.59 bits per heavy atom. The minimum atomic E-state index is -3.69. The lowest BCUT2D eigenvalue weighted by Crippen LogP contribution is -2.32. The molecule has 0 saturated heterocycles. The van der Waals surface area contributed by atoms with E-state index >= 15 is 0 Å². The van der Waals surface area contributed by atoms with Crippen LogP contribution in [0.1, 0.15) is 51.1 Å². The number of amides is 1. The number of rotatable bonds is 9. The van der Waals surface area contributed by atoms with Crippen LogP contribution in [0.3, 0.4) is 0 Å². The normalized spacial score (nSPS) is 14.0. The Balaban J connectivity index is 0.000000320. The van der Waals surface area contributed by atoms with Gasteiger partial charge in [0.2, 0.25) is 0 Å². The van der Waals surface area contributed by atoms with Gasteiger partial charge in [0.15, 0.2) is 0 Å². The van der Waals surface area contributed by atoms with Gasteiger partial charge in [0.05, 0.1) is 24.1 Å².